The van der Waals surface area contributed by atoms with E-state index in [4.69, 9.17) is 16.3 Å². The zero-order valence-electron chi connectivity index (χ0n) is 17.6. The van der Waals surface area contributed by atoms with Crippen LogP contribution < -0.4 is 9.64 Å². The third kappa shape index (κ3) is 3.66. The molecule has 5 heteroatoms. The van der Waals surface area contributed by atoms with E-state index in [-0.39, 0.29) is 5.91 Å². The summed E-state index contributed by atoms with van der Waals surface area (Å²) in [7, 11) is 1.61. The number of anilines is 1. The highest BCUT2D eigenvalue weighted by molar-refractivity contribution is 6.33. The van der Waals surface area contributed by atoms with E-state index >= 15 is 0 Å². The molecule has 2 aromatic carbocycles. The van der Waals surface area contributed by atoms with Crippen molar-refractivity contribution >= 4 is 28.8 Å². The van der Waals surface area contributed by atoms with Gasteiger partial charge in [0.2, 0.25) is 0 Å². The van der Waals surface area contributed by atoms with Gasteiger partial charge in [0.15, 0.2) is 0 Å². The van der Waals surface area contributed by atoms with Gasteiger partial charge in [0, 0.05) is 29.1 Å². The van der Waals surface area contributed by atoms with Crippen LogP contribution in [-0.2, 0) is 13.1 Å². The number of nitrogens with zero attached hydrogens (tertiary/aromatic N) is 2. The van der Waals surface area contributed by atoms with Crippen molar-refractivity contribution in [2.24, 2.45) is 0 Å². The summed E-state index contributed by atoms with van der Waals surface area (Å²) in [5.74, 6) is 0.456. The lowest BCUT2D eigenvalue weighted by Crippen LogP contribution is -2.31. The first kappa shape index (κ1) is 20.0. The maximum Gasteiger partial charge on any atom is 0.262 e. The molecule has 1 aromatic heterocycles. The molecule has 1 aliphatic heterocycles. The molecular weight excluding hydrogens is 408 g/mol. The van der Waals surface area contributed by atoms with E-state index in [1.165, 1.54) is 12.0 Å². The Hall–Kier alpha value is -2.98. The molecule has 5 rings (SSSR count). The van der Waals surface area contributed by atoms with Gasteiger partial charge in [0.25, 0.3) is 5.91 Å². The molecule has 1 aliphatic carbocycles. The maximum absolute atomic E-state index is 13.8. The fraction of sp³-hybridized carbons (Fsp3) is 0.269. The minimum absolute atomic E-state index is 0.106. The van der Waals surface area contributed by atoms with E-state index in [1.54, 1.807) is 13.2 Å². The first-order valence-electron chi connectivity index (χ1n) is 10.8. The number of aromatic nitrogens is 1. The number of methoxy groups -OCH3 is 1. The number of fused-ring (bicyclic) bond motifs is 2. The van der Waals surface area contributed by atoms with Crippen LogP contribution >= 0.6 is 11.6 Å². The number of para-hydroxylation sites is 1. The molecule has 1 amide bonds. The zero-order valence-corrected chi connectivity index (χ0v) is 18.4. The Labute approximate surface area is 187 Å². The molecule has 4 nitrogen and oxygen atoms in total. The largest absolute Gasteiger partial charge is 0.496 e. The molecule has 0 N–H and O–H groups in total. The lowest BCUT2D eigenvalue weighted by molar-refractivity contribution is 0.0982. The zero-order chi connectivity index (χ0) is 21.4. The second kappa shape index (κ2) is 8.27. The molecule has 0 fully saturated rings. The van der Waals surface area contributed by atoms with Gasteiger partial charge in [0.05, 0.1) is 19.2 Å². The number of hydrogen-bond acceptors (Lipinski definition) is 2. The first-order chi connectivity index (χ1) is 15.2. The lowest BCUT2D eigenvalue weighted by Gasteiger charge is -2.24. The summed E-state index contributed by atoms with van der Waals surface area (Å²) in [6.45, 7) is 1.24. The van der Waals surface area contributed by atoms with E-state index < -0.39 is 0 Å². The van der Waals surface area contributed by atoms with Gasteiger partial charge < -0.3 is 14.2 Å². The van der Waals surface area contributed by atoms with Crippen molar-refractivity contribution in [2.45, 2.75) is 38.8 Å². The van der Waals surface area contributed by atoms with Gasteiger partial charge in [-0.1, -0.05) is 35.9 Å². The molecule has 0 bridgehead atoms. The molecule has 3 aromatic rings. The monoisotopic (exact) mass is 432 g/mol. The molecule has 0 unspecified atom stereocenters. The number of carbonyl (C=O) groups is 1. The standard InChI is InChI=1S/C26H25ClN2O2/c1-31-25-15-21(18-8-3-2-4-9-18)23(27)14-22(25)26(30)29-17-20-11-7-13-28(20)16-19-10-5-6-12-24(19)29/h5-8,10-15H,2-4,9,16-17H2,1H3. The van der Waals surface area contributed by atoms with E-state index in [2.05, 4.69) is 29.0 Å². The summed E-state index contributed by atoms with van der Waals surface area (Å²) in [6, 6.07) is 15.9. The van der Waals surface area contributed by atoms with Crippen LogP contribution in [-0.4, -0.2) is 17.6 Å². The van der Waals surface area contributed by atoms with Crippen molar-refractivity contribution in [3.8, 4) is 5.75 Å². The molecule has 0 radical (unpaired) electrons. The van der Waals surface area contributed by atoms with Crippen LogP contribution in [0.4, 0.5) is 5.69 Å². The predicted molar refractivity (Wildman–Crippen MR) is 125 cm³/mol. The Morgan fingerprint density at radius 1 is 1.06 bits per heavy atom. The van der Waals surface area contributed by atoms with Gasteiger partial charge in [-0.25, -0.2) is 0 Å². The van der Waals surface area contributed by atoms with Gasteiger partial charge >= 0.3 is 0 Å². The summed E-state index contributed by atoms with van der Waals surface area (Å²) in [4.78, 5) is 15.7. The van der Waals surface area contributed by atoms with Crippen LogP contribution in [0.5, 0.6) is 5.75 Å². The van der Waals surface area contributed by atoms with Crippen LogP contribution in [0.2, 0.25) is 5.02 Å². The number of benzene rings is 2. The summed E-state index contributed by atoms with van der Waals surface area (Å²) in [6.07, 6.45) is 8.76. The Morgan fingerprint density at radius 2 is 1.94 bits per heavy atom. The highest BCUT2D eigenvalue weighted by atomic mass is 35.5. The van der Waals surface area contributed by atoms with Crippen LogP contribution in [0.15, 0.2) is 60.8 Å². The number of carbonyl (C=O) groups excluding carboxylic acids is 1. The summed E-state index contributed by atoms with van der Waals surface area (Å²) in [5.41, 5.74) is 5.83. The molecule has 31 heavy (non-hydrogen) atoms. The van der Waals surface area contributed by atoms with Crippen molar-refractivity contribution in [3.05, 3.63) is 88.2 Å². The molecule has 158 valence electrons. The molecule has 0 saturated carbocycles. The van der Waals surface area contributed by atoms with E-state index in [1.807, 2.05) is 35.2 Å². The van der Waals surface area contributed by atoms with E-state index in [0.717, 1.165) is 48.3 Å². The van der Waals surface area contributed by atoms with Gasteiger partial charge in [-0.15, -0.1) is 0 Å². The molecule has 0 atom stereocenters. The highest BCUT2D eigenvalue weighted by Gasteiger charge is 2.28. The average Bonchev–Trinajstić information content (AvgIpc) is 3.18. The van der Waals surface area contributed by atoms with Gasteiger partial charge in [0.1, 0.15) is 5.75 Å². The smallest absolute Gasteiger partial charge is 0.262 e. The van der Waals surface area contributed by atoms with E-state index in [0.29, 0.717) is 22.9 Å². The normalized spacial score (nSPS) is 15.5. The predicted octanol–water partition coefficient (Wildman–Crippen LogP) is 6.32. The SMILES string of the molecule is COc1cc(C2=CCCCC2)c(Cl)cc1C(=O)N1Cc2cccn2Cc2ccccc21. The van der Waals surface area contributed by atoms with Gasteiger partial charge in [-0.2, -0.15) is 0 Å². The summed E-state index contributed by atoms with van der Waals surface area (Å²) >= 11 is 6.70. The molecular formula is C26H25ClN2O2. The molecule has 0 spiro atoms. The molecule has 2 aliphatic rings. The summed E-state index contributed by atoms with van der Waals surface area (Å²) < 4.78 is 7.87. The van der Waals surface area contributed by atoms with Crippen molar-refractivity contribution in [1.29, 1.82) is 0 Å². The first-order valence-corrected chi connectivity index (χ1v) is 11.1. The second-order valence-corrected chi connectivity index (χ2v) is 8.56. The van der Waals surface area contributed by atoms with Crippen molar-refractivity contribution in [1.82, 2.24) is 4.57 Å². The Kier molecular flexibility index (Phi) is 5.33. The number of rotatable bonds is 3. The fourth-order valence-corrected chi connectivity index (χ4v) is 4.92. The molecule has 2 heterocycles. The Morgan fingerprint density at radius 3 is 2.74 bits per heavy atom. The maximum atomic E-state index is 13.8. The number of ether oxygens (including phenoxy) is 1. The van der Waals surface area contributed by atoms with Crippen molar-refractivity contribution < 1.29 is 9.53 Å². The third-order valence-electron chi connectivity index (χ3n) is 6.27. The number of halogens is 1. The highest BCUT2D eigenvalue weighted by Crippen LogP contribution is 2.37. The average molecular weight is 433 g/mol. The summed E-state index contributed by atoms with van der Waals surface area (Å²) in [5, 5.41) is 0.601. The minimum Gasteiger partial charge on any atom is -0.496 e. The van der Waals surface area contributed by atoms with Gasteiger partial charge in [-0.3, -0.25) is 4.79 Å². The number of amides is 1. The molecule has 0 saturated heterocycles. The second-order valence-electron chi connectivity index (χ2n) is 8.15. The van der Waals surface area contributed by atoms with Crippen LogP contribution in [0.25, 0.3) is 5.57 Å². The van der Waals surface area contributed by atoms with Crippen LogP contribution in [0.1, 0.15) is 52.9 Å². The Balaban J connectivity index is 1.58. The third-order valence-corrected chi connectivity index (χ3v) is 6.58. The van der Waals surface area contributed by atoms with E-state index in [9.17, 15) is 4.79 Å². The van der Waals surface area contributed by atoms with Crippen molar-refractivity contribution in [2.75, 3.05) is 12.0 Å². The lowest BCUT2D eigenvalue weighted by atomic mass is 9.92. The van der Waals surface area contributed by atoms with Gasteiger partial charge in [-0.05, 0) is 72.7 Å². The topological polar surface area (TPSA) is 34.5 Å². The quantitative estimate of drug-likeness (QED) is 0.485. The van der Waals surface area contributed by atoms with Crippen LogP contribution in [0, 0.1) is 0 Å². The number of allylic oxidation sites excluding steroid dienone is 2. The van der Waals surface area contributed by atoms with Crippen molar-refractivity contribution in [3.63, 3.8) is 0 Å². The minimum atomic E-state index is -0.106. The Bertz CT molecular complexity index is 1180. The van der Waals surface area contributed by atoms with Crippen LogP contribution in [0.3, 0.4) is 0 Å². The number of hydrogen-bond donors (Lipinski definition) is 0. The fourth-order valence-electron chi connectivity index (χ4n) is 4.63.